The van der Waals surface area contributed by atoms with E-state index in [9.17, 15) is 14.0 Å². The van der Waals surface area contributed by atoms with Gasteiger partial charge in [-0.25, -0.2) is 4.39 Å². The van der Waals surface area contributed by atoms with Crippen LogP contribution in [0.25, 0.3) is 0 Å². The molecule has 1 fully saturated rings. The molecule has 0 bridgehead atoms. The second kappa shape index (κ2) is 8.81. The molecule has 1 aliphatic rings. The van der Waals surface area contributed by atoms with E-state index in [0.29, 0.717) is 12.0 Å². The number of hydrogen-bond acceptors (Lipinski definition) is 2. The van der Waals surface area contributed by atoms with Gasteiger partial charge in [0.05, 0.1) is 0 Å². The summed E-state index contributed by atoms with van der Waals surface area (Å²) in [5, 5.41) is 5.80. The lowest BCUT2D eigenvalue weighted by Crippen LogP contribution is -2.42. The number of carbonyl (C=O) groups excluding carboxylic acids is 2. The first-order valence-electron chi connectivity index (χ1n) is 8.79. The van der Waals surface area contributed by atoms with E-state index >= 15 is 0 Å². The predicted molar refractivity (Wildman–Crippen MR) is 91.9 cm³/mol. The molecular formula is C19H27FN2O2. The van der Waals surface area contributed by atoms with Gasteiger partial charge in [-0.3, -0.25) is 9.59 Å². The van der Waals surface area contributed by atoms with Gasteiger partial charge in [0.2, 0.25) is 11.8 Å². The van der Waals surface area contributed by atoms with Crippen molar-refractivity contribution in [3.63, 3.8) is 0 Å². The number of hydrogen-bond donors (Lipinski definition) is 2. The Hall–Kier alpha value is -1.91. The van der Waals surface area contributed by atoms with Crippen molar-refractivity contribution in [3.8, 4) is 0 Å². The zero-order valence-electron chi connectivity index (χ0n) is 14.5. The minimum absolute atomic E-state index is 0.0622. The van der Waals surface area contributed by atoms with Crippen LogP contribution in [-0.4, -0.2) is 23.9 Å². The van der Waals surface area contributed by atoms with Crippen LogP contribution in [-0.2, 0) is 16.0 Å². The van der Waals surface area contributed by atoms with Crippen molar-refractivity contribution in [2.45, 2.75) is 64.5 Å². The summed E-state index contributed by atoms with van der Waals surface area (Å²) < 4.78 is 13.6. The average molecular weight is 334 g/mol. The quantitative estimate of drug-likeness (QED) is 0.805. The lowest BCUT2D eigenvalue weighted by Gasteiger charge is -2.19. The fraction of sp³-hybridized carbons (Fsp3) is 0.579. The lowest BCUT2D eigenvalue weighted by molar-refractivity contribution is -0.126. The van der Waals surface area contributed by atoms with Gasteiger partial charge in [-0.15, -0.1) is 0 Å². The molecule has 0 aliphatic heterocycles. The number of carbonyl (C=O) groups is 2. The highest BCUT2D eigenvalue weighted by Crippen LogP contribution is 2.24. The Morgan fingerprint density at radius 3 is 2.46 bits per heavy atom. The summed E-state index contributed by atoms with van der Waals surface area (Å²) in [7, 11) is 0. The van der Waals surface area contributed by atoms with Crippen LogP contribution in [0.2, 0.25) is 0 Å². The fourth-order valence-corrected chi connectivity index (χ4v) is 3.26. The van der Waals surface area contributed by atoms with Crippen LogP contribution in [0.3, 0.4) is 0 Å². The van der Waals surface area contributed by atoms with Crippen molar-refractivity contribution < 1.29 is 14.0 Å². The number of benzene rings is 1. The molecule has 132 valence electrons. The van der Waals surface area contributed by atoms with E-state index in [2.05, 4.69) is 10.6 Å². The van der Waals surface area contributed by atoms with E-state index < -0.39 is 0 Å². The van der Waals surface area contributed by atoms with Crippen molar-refractivity contribution >= 4 is 11.8 Å². The maximum atomic E-state index is 13.6. The summed E-state index contributed by atoms with van der Waals surface area (Å²) in [6.07, 6.45) is 4.80. The third-order valence-corrected chi connectivity index (χ3v) is 4.50. The summed E-state index contributed by atoms with van der Waals surface area (Å²) in [6.45, 7) is 3.69. The maximum Gasteiger partial charge on any atom is 0.223 e. The monoisotopic (exact) mass is 334 g/mol. The van der Waals surface area contributed by atoms with E-state index in [1.54, 1.807) is 18.2 Å². The van der Waals surface area contributed by atoms with Gasteiger partial charge in [0.15, 0.2) is 0 Å². The lowest BCUT2D eigenvalue weighted by atomic mass is 10.1. The van der Waals surface area contributed by atoms with Crippen LogP contribution in [0, 0.1) is 11.7 Å². The average Bonchev–Trinajstić information content (AvgIpc) is 3.03. The molecule has 1 saturated carbocycles. The molecule has 1 aromatic rings. The fourth-order valence-electron chi connectivity index (χ4n) is 3.26. The highest BCUT2D eigenvalue weighted by atomic mass is 19.1. The number of rotatable bonds is 7. The molecule has 1 aliphatic carbocycles. The molecule has 0 heterocycles. The molecular weight excluding hydrogens is 307 g/mol. The van der Waals surface area contributed by atoms with Crippen molar-refractivity contribution in [3.05, 3.63) is 35.6 Å². The molecule has 2 rings (SSSR count). The molecule has 24 heavy (non-hydrogen) atoms. The molecule has 0 saturated heterocycles. The molecule has 0 radical (unpaired) electrons. The highest BCUT2D eigenvalue weighted by molar-refractivity contribution is 5.81. The largest absolute Gasteiger partial charge is 0.353 e. The predicted octanol–water partition coefficient (Wildman–Crippen LogP) is 2.96. The Morgan fingerprint density at radius 2 is 1.79 bits per heavy atom. The van der Waals surface area contributed by atoms with E-state index in [-0.39, 0.29) is 42.1 Å². The van der Waals surface area contributed by atoms with Crippen molar-refractivity contribution in [1.82, 2.24) is 10.6 Å². The van der Waals surface area contributed by atoms with Gasteiger partial charge in [-0.2, -0.15) is 0 Å². The third-order valence-electron chi connectivity index (χ3n) is 4.50. The SMILES string of the molecule is CC(Cc1ccccc1F)NC(=O)CC(C)NC(=O)C1CCCC1. The summed E-state index contributed by atoms with van der Waals surface area (Å²) in [6, 6.07) is 6.23. The minimum atomic E-state index is -0.254. The summed E-state index contributed by atoms with van der Waals surface area (Å²) in [4.78, 5) is 24.1. The summed E-state index contributed by atoms with van der Waals surface area (Å²) in [5.41, 5.74) is 0.591. The van der Waals surface area contributed by atoms with Gasteiger partial charge >= 0.3 is 0 Å². The third kappa shape index (κ3) is 5.62. The molecule has 2 N–H and O–H groups in total. The Kier molecular flexibility index (Phi) is 6.76. The smallest absolute Gasteiger partial charge is 0.223 e. The van der Waals surface area contributed by atoms with Gasteiger partial charge in [-0.05, 0) is 44.7 Å². The Morgan fingerprint density at radius 1 is 1.12 bits per heavy atom. The zero-order valence-corrected chi connectivity index (χ0v) is 14.5. The molecule has 2 unspecified atom stereocenters. The standard InChI is InChI=1S/C19H27FN2O2/c1-13(11-16-9-5-6-10-17(16)20)21-18(23)12-14(2)22-19(24)15-7-3-4-8-15/h5-6,9-10,13-15H,3-4,7-8,11-12H2,1-2H3,(H,21,23)(H,22,24). The second-order valence-electron chi connectivity index (χ2n) is 6.86. The molecule has 1 aromatic carbocycles. The molecule has 0 aromatic heterocycles. The minimum Gasteiger partial charge on any atom is -0.353 e. The molecule has 5 heteroatoms. The Labute approximate surface area is 143 Å². The highest BCUT2D eigenvalue weighted by Gasteiger charge is 2.24. The van der Waals surface area contributed by atoms with Crippen molar-refractivity contribution in [2.75, 3.05) is 0 Å². The van der Waals surface area contributed by atoms with Crippen LogP contribution in [0.1, 0.15) is 51.5 Å². The van der Waals surface area contributed by atoms with Crippen LogP contribution in [0.4, 0.5) is 4.39 Å². The number of halogens is 1. The Bertz CT molecular complexity index is 570. The van der Waals surface area contributed by atoms with Crippen LogP contribution < -0.4 is 10.6 Å². The van der Waals surface area contributed by atoms with Gasteiger partial charge in [0, 0.05) is 24.4 Å². The van der Waals surface area contributed by atoms with Crippen molar-refractivity contribution in [2.24, 2.45) is 5.92 Å². The molecule has 2 atom stereocenters. The normalized spacial score (nSPS) is 17.3. The van der Waals surface area contributed by atoms with E-state index in [4.69, 9.17) is 0 Å². The molecule has 4 nitrogen and oxygen atoms in total. The van der Waals surface area contributed by atoms with Crippen LogP contribution in [0.5, 0.6) is 0 Å². The zero-order chi connectivity index (χ0) is 17.5. The van der Waals surface area contributed by atoms with Crippen molar-refractivity contribution in [1.29, 1.82) is 0 Å². The van der Waals surface area contributed by atoms with Gasteiger partial charge < -0.3 is 10.6 Å². The summed E-state index contributed by atoms with van der Waals surface area (Å²) in [5.74, 6) is -0.212. The topological polar surface area (TPSA) is 58.2 Å². The van der Waals surface area contributed by atoms with E-state index in [1.807, 2.05) is 13.8 Å². The second-order valence-corrected chi connectivity index (χ2v) is 6.86. The molecule has 2 amide bonds. The van der Waals surface area contributed by atoms with Crippen LogP contribution >= 0.6 is 0 Å². The number of amides is 2. The first kappa shape index (κ1) is 18.4. The van der Waals surface area contributed by atoms with Gasteiger partial charge in [0.25, 0.3) is 0 Å². The number of nitrogens with one attached hydrogen (secondary N) is 2. The van der Waals surface area contributed by atoms with E-state index in [0.717, 1.165) is 25.7 Å². The van der Waals surface area contributed by atoms with Gasteiger partial charge in [-0.1, -0.05) is 31.0 Å². The maximum absolute atomic E-state index is 13.6. The molecule has 0 spiro atoms. The first-order valence-corrected chi connectivity index (χ1v) is 8.79. The van der Waals surface area contributed by atoms with E-state index in [1.165, 1.54) is 6.07 Å². The Balaban J connectivity index is 1.73. The van der Waals surface area contributed by atoms with Crippen LogP contribution in [0.15, 0.2) is 24.3 Å². The first-order chi connectivity index (χ1) is 11.5. The summed E-state index contributed by atoms with van der Waals surface area (Å²) >= 11 is 0. The van der Waals surface area contributed by atoms with Gasteiger partial charge in [0.1, 0.15) is 5.82 Å².